The van der Waals surface area contributed by atoms with Gasteiger partial charge in [0.05, 0.1) is 6.04 Å². The number of hydrogen-bond donors (Lipinski definition) is 2. The molecule has 3 N–H and O–H groups in total. The quantitative estimate of drug-likeness (QED) is 0.452. The molecule has 2 rings (SSSR count). The minimum absolute atomic E-state index is 0.111. The maximum absolute atomic E-state index is 11.9. The van der Waals surface area contributed by atoms with Crippen molar-refractivity contribution in [3.63, 3.8) is 0 Å². The topological polar surface area (TPSA) is 76.7 Å². The van der Waals surface area contributed by atoms with Crippen LogP contribution in [-0.2, 0) is 16.1 Å². The molecule has 0 aliphatic carbocycles. The fourth-order valence-electron chi connectivity index (χ4n) is 2.24. The lowest BCUT2D eigenvalue weighted by atomic mass is 10.1. The van der Waals surface area contributed by atoms with Crippen LogP contribution in [0.4, 0.5) is 0 Å². The van der Waals surface area contributed by atoms with Gasteiger partial charge in [-0.2, -0.15) is 0 Å². The molecule has 0 unspecified atom stereocenters. The highest BCUT2D eigenvalue weighted by Crippen LogP contribution is 2.13. The Hall–Kier alpha value is -2.53. The summed E-state index contributed by atoms with van der Waals surface area (Å²) in [4.78, 5) is 17.0. The van der Waals surface area contributed by atoms with E-state index in [-0.39, 0.29) is 24.4 Å². The van der Waals surface area contributed by atoms with Crippen LogP contribution in [-0.4, -0.2) is 18.3 Å². The third-order valence-corrected chi connectivity index (χ3v) is 4.02. The summed E-state index contributed by atoms with van der Waals surface area (Å²) in [7, 11) is 0. The average Bonchev–Trinajstić information content (AvgIpc) is 2.62. The molecule has 132 valence electrons. The number of carbonyl (C=O) groups excluding carboxylic acids is 1. The second-order valence-corrected chi connectivity index (χ2v) is 6.08. The summed E-state index contributed by atoms with van der Waals surface area (Å²) in [5, 5.41) is 7.23. The lowest BCUT2D eigenvalue weighted by Gasteiger charge is -2.14. The average molecular weight is 360 g/mol. The second-order valence-electron chi connectivity index (χ2n) is 5.64. The van der Waals surface area contributed by atoms with Gasteiger partial charge in [-0.3, -0.25) is 4.79 Å². The minimum atomic E-state index is -0.264. The number of rotatable bonds is 7. The molecule has 0 saturated carbocycles. The Bertz CT molecular complexity index is 727. The van der Waals surface area contributed by atoms with Crippen molar-refractivity contribution in [2.75, 3.05) is 6.61 Å². The zero-order valence-electron chi connectivity index (χ0n) is 14.3. The van der Waals surface area contributed by atoms with Gasteiger partial charge in [0.25, 0.3) is 5.91 Å². The van der Waals surface area contributed by atoms with Crippen molar-refractivity contribution in [1.29, 1.82) is 0 Å². The lowest BCUT2D eigenvalue weighted by molar-refractivity contribution is -0.126. The summed E-state index contributed by atoms with van der Waals surface area (Å²) in [6.07, 6.45) is 0.988. The zero-order chi connectivity index (χ0) is 18.2. The maximum atomic E-state index is 11.9. The summed E-state index contributed by atoms with van der Waals surface area (Å²) in [6.45, 7) is 3.82. The Morgan fingerprint density at radius 3 is 2.44 bits per heavy atom. The first-order valence-corrected chi connectivity index (χ1v) is 8.47. The Balaban J connectivity index is 1.83. The maximum Gasteiger partial charge on any atom is 0.261 e. The first kappa shape index (κ1) is 18.8. The Labute approximate surface area is 152 Å². The molecular weight excluding hydrogens is 338 g/mol. The van der Waals surface area contributed by atoms with Gasteiger partial charge >= 0.3 is 0 Å². The first-order chi connectivity index (χ1) is 12.0. The van der Waals surface area contributed by atoms with Gasteiger partial charge in [0.2, 0.25) is 0 Å². The standard InChI is InChI=1S/C19H22ClN3O2/c1-3-14-4-6-15(7-5-14)13(2)22-18(24)12-25-23-19(21)16-8-10-17(20)11-9-16/h4-11,13H,3,12H2,1-2H3,(H2,21,23)(H,22,24)/t13-/m0/s1. The second kappa shape index (κ2) is 9.08. The fraction of sp³-hybridized carbons (Fsp3) is 0.263. The molecule has 0 radical (unpaired) electrons. The molecule has 0 bridgehead atoms. The van der Waals surface area contributed by atoms with Crippen molar-refractivity contribution in [1.82, 2.24) is 5.32 Å². The van der Waals surface area contributed by atoms with Gasteiger partial charge in [-0.05, 0) is 48.7 Å². The van der Waals surface area contributed by atoms with Crippen molar-refractivity contribution in [2.24, 2.45) is 10.9 Å². The van der Waals surface area contributed by atoms with E-state index in [1.807, 2.05) is 19.1 Å². The molecule has 1 amide bonds. The molecule has 2 aromatic rings. The van der Waals surface area contributed by atoms with Crippen LogP contribution in [0.2, 0.25) is 5.02 Å². The van der Waals surface area contributed by atoms with Crippen LogP contribution in [0.15, 0.2) is 53.7 Å². The summed E-state index contributed by atoms with van der Waals surface area (Å²) in [6, 6.07) is 14.9. The molecule has 2 aromatic carbocycles. The number of nitrogens with zero attached hydrogens (tertiary/aromatic N) is 1. The van der Waals surface area contributed by atoms with E-state index in [9.17, 15) is 4.79 Å². The minimum Gasteiger partial charge on any atom is -0.384 e. The number of hydrogen-bond acceptors (Lipinski definition) is 3. The van der Waals surface area contributed by atoms with E-state index in [2.05, 4.69) is 29.5 Å². The van der Waals surface area contributed by atoms with E-state index in [0.29, 0.717) is 10.6 Å². The van der Waals surface area contributed by atoms with Gasteiger partial charge in [0.15, 0.2) is 12.4 Å². The summed E-state index contributed by atoms with van der Waals surface area (Å²) < 4.78 is 0. The van der Waals surface area contributed by atoms with Gasteiger partial charge in [-0.1, -0.05) is 47.9 Å². The van der Waals surface area contributed by atoms with E-state index >= 15 is 0 Å². The predicted molar refractivity (Wildman–Crippen MR) is 101 cm³/mol. The number of halogens is 1. The van der Waals surface area contributed by atoms with Gasteiger partial charge in [0, 0.05) is 10.6 Å². The summed E-state index contributed by atoms with van der Waals surface area (Å²) in [5.41, 5.74) is 8.77. The van der Waals surface area contributed by atoms with E-state index in [1.54, 1.807) is 24.3 Å². The molecule has 0 heterocycles. The molecule has 25 heavy (non-hydrogen) atoms. The molecule has 0 fully saturated rings. The third kappa shape index (κ3) is 5.80. The zero-order valence-corrected chi connectivity index (χ0v) is 15.1. The number of nitrogens with one attached hydrogen (secondary N) is 1. The van der Waals surface area contributed by atoms with E-state index < -0.39 is 0 Å². The van der Waals surface area contributed by atoms with Crippen molar-refractivity contribution < 1.29 is 9.63 Å². The van der Waals surface area contributed by atoms with E-state index in [4.69, 9.17) is 22.2 Å². The molecule has 0 aromatic heterocycles. The number of aryl methyl sites for hydroxylation is 1. The summed E-state index contributed by atoms with van der Waals surface area (Å²) >= 11 is 5.81. The molecule has 0 saturated heterocycles. The molecule has 6 heteroatoms. The van der Waals surface area contributed by atoms with Crippen LogP contribution in [0, 0.1) is 0 Å². The van der Waals surface area contributed by atoms with Gasteiger partial charge in [0.1, 0.15) is 0 Å². The molecule has 0 aliphatic heterocycles. The number of amides is 1. The number of nitrogens with two attached hydrogens (primary N) is 1. The highest BCUT2D eigenvalue weighted by molar-refractivity contribution is 6.30. The SMILES string of the molecule is CCc1ccc([C@H](C)NC(=O)CO/N=C(\N)c2ccc(Cl)cc2)cc1. The van der Waals surface area contributed by atoms with Crippen LogP contribution < -0.4 is 11.1 Å². The van der Waals surface area contributed by atoms with Crippen molar-refractivity contribution in [3.8, 4) is 0 Å². The van der Waals surface area contributed by atoms with Gasteiger partial charge in [-0.25, -0.2) is 0 Å². The Morgan fingerprint density at radius 2 is 1.84 bits per heavy atom. The van der Waals surface area contributed by atoms with Gasteiger partial charge in [-0.15, -0.1) is 0 Å². The normalized spacial score (nSPS) is 12.5. The number of amidine groups is 1. The van der Waals surface area contributed by atoms with Crippen molar-refractivity contribution in [2.45, 2.75) is 26.3 Å². The highest BCUT2D eigenvalue weighted by atomic mass is 35.5. The van der Waals surface area contributed by atoms with Crippen LogP contribution in [0.5, 0.6) is 0 Å². The van der Waals surface area contributed by atoms with Gasteiger partial charge < -0.3 is 15.9 Å². The largest absolute Gasteiger partial charge is 0.384 e. The number of oxime groups is 1. The van der Waals surface area contributed by atoms with Crippen molar-refractivity contribution >= 4 is 23.3 Å². The number of carbonyl (C=O) groups is 1. The molecule has 5 nitrogen and oxygen atoms in total. The van der Waals surface area contributed by atoms with Crippen LogP contribution in [0.3, 0.4) is 0 Å². The highest BCUT2D eigenvalue weighted by Gasteiger charge is 2.10. The third-order valence-electron chi connectivity index (χ3n) is 3.76. The van der Waals surface area contributed by atoms with Crippen molar-refractivity contribution in [3.05, 3.63) is 70.2 Å². The van der Waals surface area contributed by atoms with E-state index in [1.165, 1.54) is 5.56 Å². The van der Waals surface area contributed by atoms with Crippen LogP contribution in [0.25, 0.3) is 0 Å². The van der Waals surface area contributed by atoms with Crippen LogP contribution in [0.1, 0.15) is 36.6 Å². The number of benzene rings is 2. The van der Waals surface area contributed by atoms with Crippen LogP contribution >= 0.6 is 11.6 Å². The summed E-state index contributed by atoms with van der Waals surface area (Å²) in [5.74, 6) is -0.0765. The fourth-order valence-corrected chi connectivity index (χ4v) is 2.37. The lowest BCUT2D eigenvalue weighted by Crippen LogP contribution is -2.30. The molecule has 0 spiro atoms. The van der Waals surface area contributed by atoms with E-state index in [0.717, 1.165) is 12.0 Å². The Morgan fingerprint density at radius 1 is 1.20 bits per heavy atom. The first-order valence-electron chi connectivity index (χ1n) is 8.09. The molecule has 1 atom stereocenters. The smallest absolute Gasteiger partial charge is 0.261 e. The predicted octanol–water partition coefficient (Wildman–Crippen LogP) is 3.42. The molecular formula is C19H22ClN3O2. The Kier molecular flexibility index (Phi) is 6.83. The monoisotopic (exact) mass is 359 g/mol. The molecule has 0 aliphatic rings.